The third kappa shape index (κ3) is 2.87. The predicted molar refractivity (Wildman–Crippen MR) is 99.3 cm³/mol. The summed E-state index contributed by atoms with van der Waals surface area (Å²) >= 11 is 0. The molecule has 0 aliphatic rings. The van der Waals surface area contributed by atoms with Gasteiger partial charge in [-0.25, -0.2) is 5.48 Å². The Morgan fingerprint density at radius 2 is 2.04 bits per heavy atom. The molecule has 2 aromatic carbocycles. The summed E-state index contributed by atoms with van der Waals surface area (Å²) in [4.78, 5) is 24.5. The van der Waals surface area contributed by atoms with Gasteiger partial charge in [-0.15, -0.1) is 0 Å². The number of H-pyrrole nitrogens is 1. The van der Waals surface area contributed by atoms with Gasteiger partial charge in [0.1, 0.15) is 11.5 Å². The molecule has 2 N–H and O–H groups in total. The van der Waals surface area contributed by atoms with Crippen LogP contribution in [-0.4, -0.2) is 23.0 Å². The number of hydrogen-bond donors (Lipinski definition) is 2. The van der Waals surface area contributed by atoms with Gasteiger partial charge in [0, 0.05) is 34.2 Å². The van der Waals surface area contributed by atoms with Crippen LogP contribution in [0.3, 0.4) is 0 Å². The highest BCUT2D eigenvalue weighted by Gasteiger charge is 2.13. The first-order valence-corrected chi connectivity index (χ1v) is 8.13. The SMILES string of the molecule is CONC(=O)c1cc2c(Oc3ccc4[nH]ccc4c3)ccnc2cc1C. The maximum absolute atomic E-state index is 12.2. The Bertz CT molecular complexity index is 1120. The van der Waals surface area contributed by atoms with Gasteiger partial charge in [-0.05, 0) is 55.0 Å². The highest BCUT2D eigenvalue weighted by Crippen LogP contribution is 2.32. The summed E-state index contributed by atoms with van der Waals surface area (Å²) in [5.74, 6) is 1.04. The van der Waals surface area contributed by atoms with Gasteiger partial charge < -0.3 is 9.72 Å². The normalized spacial score (nSPS) is 11.0. The van der Waals surface area contributed by atoms with Crippen molar-refractivity contribution in [3.63, 3.8) is 0 Å². The Balaban J connectivity index is 1.78. The molecular weight excluding hydrogens is 330 g/mol. The topological polar surface area (TPSA) is 76.2 Å². The Labute approximate surface area is 149 Å². The van der Waals surface area contributed by atoms with E-state index in [-0.39, 0.29) is 5.91 Å². The summed E-state index contributed by atoms with van der Waals surface area (Å²) in [6.07, 6.45) is 3.58. The number of rotatable bonds is 4. The largest absolute Gasteiger partial charge is 0.457 e. The van der Waals surface area contributed by atoms with Crippen LogP contribution >= 0.6 is 0 Å². The first-order chi connectivity index (χ1) is 12.7. The molecule has 130 valence electrons. The van der Waals surface area contributed by atoms with Gasteiger partial charge in [-0.1, -0.05) is 0 Å². The van der Waals surface area contributed by atoms with Crippen LogP contribution in [0.4, 0.5) is 0 Å². The number of hydroxylamine groups is 1. The molecule has 0 radical (unpaired) electrons. The van der Waals surface area contributed by atoms with Crippen LogP contribution in [0, 0.1) is 6.92 Å². The van der Waals surface area contributed by atoms with Crippen molar-refractivity contribution in [3.8, 4) is 11.5 Å². The summed E-state index contributed by atoms with van der Waals surface area (Å²) in [7, 11) is 1.40. The second kappa shape index (κ2) is 6.50. The third-order valence-corrected chi connectivity index (χ3v) is 4.24. The molecule has 0 spiro atoms. The first kappa shape index (κ1) is 16.1. The minimum absolute atomic E-state index is 0.310. The minimum atomic E-state index is -0.310. The van der Waals surface area contributed by atoms with Crippen LogP contribution in [-0.2, 0) is 4.84 Å². The molecule has 0 atom stereocenters. The number of nitrogens with one attached hydrogen (secondary N) is 2. The van der Waals surface area contributed by atoms with E-state index in [4.69, 9.17) is 9.57 Å². The van der Waals surface area contributed by atoms with Crippen molar-refractivity contribution in [2.24, 2.45) is 0 Å². The molecule has 0 unspecified atom stereocenters. The van der Waals surface area contributed by atoms with E-state index in [1.165, 1.54) is 7.11 Å². The average molecular weight is 347 g/mol. The standard InChI is InChI=1S/C20H17N3O3/c1-12-9-18-16(11-15(12)20(24)23-25-2)19(6-8-22-18)26-14-3-4-17-13(10-14)5-7-21-17/h3-11,21H,1-2H3,(H,23,24). The maximum atomic E-state index is 12.2. The quantitative estimate of drug-likeness (QED) is 0.545. The Morgan fingerprint density at radius 3 is 2.88 bits per heavy atom. The zero-order chi connectivity index (χ0) is 18.1. The molecule has 6 heteroatoms. The van der Waals surface area contributed by atoms with Crippen LogP contribution in [0.5, 0.6) is 11.5 Å². The van der Waals surface area contributed by atoms with Gasteiger partial charge in [-0.3, -0.25) is 14.6 Å². The number of hydrogen-bond acceptors (Lipinski definition) is 4. The lowest BCUT2D eigenvalue weighted by Crippen LogP contribution is -2.22. The van der Waals surface area contributed by atoms with Crippen LogP contribution < -0.4 is 10.2 Å². The van der Waals surface area contributed by atoms with E-state index >= 15 is 0 Å². The number of aromatic nitrogens is 2. The second-order valence-corrected chi connectivity index (χ2v) is 5.96. The van der Waals surface area contributed by atoms with Crippen molar-refractivity contribution in [2.45, 2.75) is 6.92 Å². The monoisotopic (exact) mass is 347 g/mol. The van der Waals surface area contributed by atoms with Gasteiger partial charge in [-0.2, -0.15) is 0 Å². The summed E-state index contributed by atoms with van der Waals surface area (Å²) in [5, 5.41) is 1.82. The Kier molecular flexibility index (Phi) is 4.02. The number of fused-ring (bicyclic) bond motifs is 2. The smallest absolute Gasteiger partial charge is 0.275 e. The highest BCUT2D eigenvalue weighted by atomic mass is 16.6. The van der Waals surface area contributed by atoms with Gasteiger partial charge in [0.2, 0.25) is 0 Å². The van der Waals surface area contributed by atoms with Gasteiger partial charge in [0.25, 0.3) is 5.91 Å². The molecule has 0 bridgehead atoms. The molecule has 4 aromatic rings. The summed E-state index contributed by atoms with van der Waals surface area (Å²) < 4.78 is 6.09. The van der Waals surface area contributed by atoms with E-state index in [1.54, 1.807) is 18.3 Å². The number of aryl methyl sites for hydroxylation is 1. The molecule has 0 saturated heterocycles. The lowest BCUT2D eigenvalue weighted by Gasteiger charge is -2.12. The minimum Gasteiger partial charge on any atom is -0.457 e. The zero-order valence-corrected chi connectivity index (χ0v) is 14.4. The van der Waals surface area contributed by atoms with Gasteiger partial charge in [0.15, 0.2) is 0 Å². The van der Waals surface area contributed by atoms with E-state index < -0.39 is 0 Å². The van der Waals surface area contributed by atoms with E-state index in [0.717, 1.165) is 27.4 Å². The fourth-order valence-corrected chi connectivity index (χ4v) is 2.98. The van der Waals surface area contributed by atoms with E-state index in [9.17, 15) is 4.79 Å². The highest BCUT2D eigenvalue weighted by molar-refractivity contribution is 6.00. The fourth-order valence-electron chi connectivity index (χ4n) is 2.98. The number of carbonyl (C=O) groups is 1. The van der Waals surface area contributed by atoms with E-state index in [0.29, 0.717) is 17.1 Å². The average Bonchev–Trinajstić information content (AvgIpc) is 3.09. The van der Waals surface area contributed by atoms with Crippen molar-refractivity contribution in [2.75, 3.05) is 7.11 Å². The number of aromatic amines is 1. The Hall–Kier alpha value is -3.38. The van der Waals surface area contributed by atoms with Gasteiger partial charge >= 0.3 is 0 Å². The zero-order valence-electron chi connectivity index (χ0n) is 14.4. The van der Waals surface area contributed by atoms with Crippen LogP contribution in [0.2, 0.25) is 0 Å². The van der Waals surface area contributed by atoms with Crippen molar-refractivity contribution in [1.29, 1.82) is 0 Å². The molecule has 0 saturated carbocycles. The molecule has 6 nitrogen and oxygen atoms in total. The molecule has 1 amide bonds. The van der Waals surface area contributed by atoms with E-state index in [2.05, 4.69) is 15.4 Å². The molecule has 0 fully saturated rings. The first-order valence-electron chi connectivity index (χ1n) is 8.13. The number of ether oxygens (including phenoxy) is 1. The summed E-state index contributed by atoms with van der Waals surface area (Å²) in [6, 6.07) is 13.2. The number of carbonyl (C=O) groups excluding carboxylic acids is 1. The molecular formula is C20H17N3O3. The predicted octanol–water partition coefficient (Wildman–Crippen LogP) is 4.11. The summed E-state index contributed by atoms with van der Waals surface area (Å²) in [5.41, 5.74) is 5.48. The van der Waals surface area contributed by atoms with Gasteiger partial charge in [0.05, 0.1) is 12.6 Å². The van der Waals surface area contributed by atoms with Crippen LogP contribution in [0.1, 0.15) is 15.9 Å². The number of nitrogens with zero attached hydrogens (tertiary/aromatic N) is 1. The number of amides is 1. The van der Waals surface area contributed by atoms with E-state index in [1.807, 2.05) is 43.5 Å². The van der Waals surface area contributed by atoms with Crippen molar-refractivity contribution in [3.05, 3.63) is 66.0 Å². The molecule has 2 aromatic heterocycles. The number of benzene rings is 2. The maximum Gasteiger partial charge on any atom is 0.275 e. The number of pyridine rings is 1. The fraction of sp³-hybridized carbons (Fsp3) is 0.100. The summed E-state index contributed by atoms with van der Waals surface area (Å²) in [6.45, 7) is 1.86. The molecule has 26 heavy (non-hydrogen) atoms. The van der Waals surface area contributed by atoms with Crippen LogP contribution in [0.15, 0.2) is 54.9 Å². The molecule has 4 rings (SSSR count). The second-order valence-electron chi connectivity index (χ2n) is 5.96. The molecule has 0 aliphatic carbocycles. The molecule has 2 heterocycles. The molecule has 0 aliphatic heterocycles. The Morgan fingerprint density at radius 1 is 1.15 bits per heavy atom. The van der Waals surface area contributed by atoms with Crippen molar-refractivity contribution in [1.82, 2.24) is 15.4 Å². The third-order valence-electron chi connectivity index (χ3n) is 4.24. The van der Waals surface area contributed by atoms with Crippen molar-refractivity contribution < 1.29 is 14.4 Å². The van der Waals surface area contributed by atoms with Crippen molar-refractivity contribution >= 4 is 27.7 Å². The van der Waals surface area contributed by atoms with Crippen LogP contribution in [0.25, 0.3) is 21.8 Å². The lowest BCUT2D eigenvalue weighted by atomic mass is 10.0. The lowest BCUT2D eigenvalue weighted by molar-refractivity contribution is 0.0537.